The van der Waals surface area contributed by atoms with Crippen LogP contribution in [-0.2, 0) is 0 Å². The van der Waals surface area contributed by atoms with Gasteiger partial charge in [-0.1, -0.05) is 30.1 Å². The van der Waals surface area contributed by atoms with Gasteiger partial charge in [-0.25, -0.2) is 0 Å². The molecule has 2 N–H and O–H groups in total. The van der Waals surface area contributed by atoms with E-state index in [1.54, 1.807) is 12.1 Å². The molecule has 0 amide bonds. The summed E-state index contributed by atoms with van der Waals surface area (Å²) in [7, 11) is 0. The van der Waals surface area contributed by atoms with Crippen molar-refractivity contribution in [3.05, 3.63) is 22.2 Å². The highest BCUT2D eigenvalue weighted by atomic mass is 35.5. The Morgan fingerprint density at radius 3 is 2.25 bits per heavy atom. The van der Waals surface area contributed by atoms with E-state index in [0.717, 1.165) is 12.2 Å². The molecule has 88 valence electrons. The maximum Gasteiger partial charge on any atom is 0.0749 e. The summed E-state index contributed by atoms with van der Waals surface area (Å²) < 4.78 is 0. The molecule has 2 unspecified atom stereocenters. The number of halogens is 2. The summed E-state index contributed by atoms with van der Waals surface area (Å²) in [6.45, 7) is 5.45. The van der Waals surface area contributed by atoms with Gasteiger partial charge < -0.3 is 10.6 Å². The molecule has 0 radical (unpaired) electrons. The third kappa shape index (κ3) is 2.09. The molecule has 1 aliphatic heterocycles. The Balaban J connectivity index is 2.40. The van der Waals surface area contributed by atoms with Gasteiger partial charge in [-0.05, 0) is 31.4 Å². The van der Waals surface area contributed by atoms with Gasteiger partial charge in [-0.3, -0.25) is 0 Å². The lowest BCUT2D eigenvalue weighted by Crippen LogP contribution is -2.27. The molecule has 1 aromatic rings. The van der Waals surface area contributed by atoms with Crippen LogP contribution in [0.2, 0.25) is 10.0 Å². The zero-order valence-electron chi connectivity index (χ0n) is 9.50. The molecule has 4 heteroatoms. The lowest BCUT2D eigenvalue weighted by atomic mass is 10.1. The minimum Gasteiger partial charge on any atom is -0.399 e. The van der Waals surface area contributed by atoms with E-state index >= 15 is 0 Å². The fraction of sp³-hybridized carbons (Fsp3) is 0.500. The number of nitrogen functional groups attached to an aromatic ring is 1. The van der Waals surface area contributed by atoms with Crippen LogP contribution in [-0.4, -0.2) is 12.6 Å². The molecule has 1 fully saturated rings. The Bertz CT molecular complexity index is 383. The zero-order chi connectivity index (χ0) is 11.9. The average Bonchev–Trinajstić information content (AvgIpc) is 2.43. The fourth-order valence-electron chi connectivity index (χ4n) is 2.47. The highest BCUT2D eigenvalue weighted by Crippen LogP contribution is 2.40. The standard InChI is InChI=1S/C12H16Cl2N2/c1-7-3-8(2)16(6-7)12-10(13)4-9(15)5-11(12)14/h4-5,7-8H,3,6,15H2,1-2H3. The van der Waals surface area contributed by atoms with E-state index < -0.39 is 0 Å². The number of nitrogens with two attached hydrogens (primary N) is 1. The molecular formula is C12H16Cl2N2. The van der Waals surface area contributed by atoms with Gasteiger partial charge in [0.2, 0.25) is 0 Å². The smallest absolute Gasteiger partial charge is 0.0749 e. The number of benzene rings is 1. The van der Waals surface area contributed by atoms with Crippen molar-refractivity contribution in [2.75, 3.05) is 17.2 Å². The van der Waals surface area contributed by atoms with Crippen molar-refractivity contribution in [2.45, 2.75) is 26.3 Å². The van der Waals surface area contributed by atoms with E-state index in [1.165, 1.54) is 6.42 Å². The van der Waals surface area contributed by atoms with E-state index in [1.807, 2.05) is 0 Å². The third-order valence-electron chi connectivity index (χ3n) is 3.11. The van der Waals surface area contributed by atoms with Crippen molar-refractivity contribution < 1.29 is 0 Å². The number of hydrogen-bond donors (Lipinski definition) is 1. The van der Waals surface area contributed by atoms with Crippen molar-refractivity contribution >= 4 is 34.6 Å². The first-order valence-corrected chi connectivity index (χ1v) is 6.25. The molecule has 2 rings (SSSR count). The van der Waals surface area contributed by atoms with Crippen LogP contribution in [0.4, 0.5) is 11.4 Å². The Morgan fingerprint density at radius 2 is 1.81 bits per heavy atom. The van der Waals surface area contributed by atoms with Crippen molar-refractivity contribution in [1.82, 2.24) is 0 Å². The summed E-state index contributed by atoms with van der Waals surface area (Å²) in [6.07, 6.45) is 1.18. The minimum absolute atomic E-state index is 0.480. The predicted octanol–water partition coefficient (Wildman–Crippen LogP) is 3.81. The lowest BCUT2D eigenvalue weighted by Gasteiger charge is -2.26. The van der Waals surface area contributed by atoms with Gasteiger partial charge in [0.25, 0.3) is 0 Å². The highest BCUT2D eigenvalue weighted by Gasteiger charge is 2.29. The second-order valence-electron chi connectivity index (χ2n) is 4.68. The van der Waals surface area contributed by atoms with Gasteiger partial charge in [0.1, 0.15) is 0 Å². The second kappa shape index (κ2) is 4.34. The predicted molar refractivity (Wildman–Crippen MR) is 71.5 cm³/mol. The molecule has 0 aromatic heterocycles. The molecule has 1 saturated heterocycles. The molecule has 2 nitrogen and oxygen atoms in total. The van der Waals surface area contributed by atoms with Crippen LogP contribution >= 0.6 is 23.2 Å². The molecule has 0 spiro atoms. The molecule has 0 saturated carbocycles. The Labute approximate surface area is 106 Å². The zero-order valence-corrected chi connectivity index (χ0v) is 11.0. The van der Waals surface area contributed by atoms with E-state index in [0.29, 0.717) is 27.7 Å². The van der Waals surface area contributed by atoms with Crippen LogP contribution in [0, 0.1) is 5.92 Å². The largest absolute Gasteiger partial charge is 0.399 e. The number of nitrogens with zero attached hydrogens (tertiary/aromatic N) is 1. The third-order valence-corrected chi connectivity index (χ3v) is 3.69. The Morgan fingerprint density at radius 1 is 1.25 bits per heavy atom. The van der Waals surface area contributed by atoms with Crippen molar-refractivity contribution in [3.8, 4) is 0 Å². The number of anilines is 2. The quantitative estimate of drug-likeness (QED) is 0.777. The summed E-state index contributed by atoms with van der Waals surface area (Å²) in [4.78, 5) is 2.27. The van der Waals surface area contributed by atoms with Crippen LogP contribution in [0.1, 0.15) is 20.3 Å². The molecule has 0 aliphatic carbocycles. The number of rotatable bonds is 1. The summed E-state index contributed by atoms with van der Waals surface area (Å²) >= 11 is 12.4. The maximum absolute atomic E-state index is 6.22. The molecule has 1 aliphatic rings. The second-order valence-corrected chi connectivity index (χ2v) is 5.49. The maximum atomic E-state index is 6.22. The lowest BCUT2D eigenvalue weighted by molar-refractivity contribution is 0.625. The van der Waals surface area contributed by atoms with Crippen molar-refractivity contribution in [1.29, 1.82) is 0 Å². The van der Waals surface area contributed by atoms with Crippen molar-refractivity contribution in [3.63, 3.8) is 0 Å². The van der Waals surface area contributed by atoms with Crippen LogP contribution in [0.3, 0.4) is 0 Å². The van der Waals surface area contributed by atoms with Crippen LogP contribution in [0.15, 0.2) is 12.1 Å². The normalized spacial score (nSPS) is 25.1. The van der Waals surface area contributed by atoms with E-state index in [9.17, 15) is 0 Å². The minimum atomic E-state index is 0.480. The highest BCUT2D eigenvalue weighted by molar-refractivity contribution is 6.39. The summed E-state index contributed by atoms with van der Waals surface area (Å²) in [6, 6.07) is 4.00. The molecular weight excluding hydrogens is 243 g/mol. The Hall–Kier alpha value is -0.600. The van der Waals surface area contributed by atoms with E-state index in [-0.39, 0.29) is 0 Å². The van der Waals surface area contributed by atoms with Crippen molar-refractivity contribution in [2.24, 2.45) is 5.92 Å². The van der Waals surface area contributed by atoms with Gasteiger partial charge in [0.15, 0.2) is 0 Å². The summed E-state index contributed by atoms with van der Waals surface area (Å²) in [5, 5.41) is 1.29. The topological polar surface area (TPSA) is 29.3 Å². The van der Waals surface area contributed by atoms with Crippen LogP contribution < -0.4 is 10.6 Å². The monoisotopic (exact) mass is 258 g/mol. The SMILES string of the molecule is CC1CC(C)N(c2c(Cl)cc(N)cc2Cl)C1. The van der Waals surface area contributed by atoms with Crippen LogP contribution in [0.25, 0.3) is 0 Å². The number of hydrogen-bond acceptors (Lipinski definition) is 2. The van der Waals surface area contributed by atoms with E-state index in [4.69, 9.17) is 28.9 Å². The van der Waals surface area contributed by atoms with Gasteiger partial charge in [0.05, 0.1) is 15.7 Å². The summed E-state index contributed by atoms with van der Waals surface area (Å²) in [5.41, 5.74) is 7.24. The van der Waals surface area contributed by atoms with Gasteiger partial charge in [0, 0.05) is 18.3 Å². The fourth-order valence-corrected chi connectivity index (χ4v) is 3.19. The summed E-state index contributed by atoms with van der Waals surface area (Å²) in [5.74, 6) is 0.680. The van der Waals surface area contributed by atoms with Gasteiger partial charge in [-0.2, -0.15) is 0 Å². The first kappa shape index (κ1) is 11.9. The first-order chi connectivity index (χ1) is 7.49. The molecule has 0 bridgehead atoms. The molecule has 1 aromatic carbocycles. The van der Waals surface area contributed by atoms with Crippen LogP contribution in [0.5, 0.6) is 0 Å². The average molecular weight is 259 g/mol. The van der Waals surface area contributed by atoms with Gasteiger partial charge >= 0.3 is 0 Å². The first-order valence-electron chi connectivity index (χ1n) is 5.50. The Kier molecular flexibility index (Phi) is 3.22. The molecule has 2 atom stereocenters. The van der Waals surface area contributed by atoms with E-state index in [2.05, 4.69) is 18.7 Å². The molecule has 1 heterocycles. The van der Waals surface area contributed by atoms with Gasteiger partial charge in [-0.15, -0.1) is 0 Å². The molecule has 16 heavy (non-hydrogen) atoms.